The van der Waals surface area contributed by atoms with Crippen molar-refractivity contribution in [2.75, 3.05) is 13.2 Å². The Labute approximate surface area is 136 Å². The summed E-state index contributed by atoms with van der Waals surface area (Å²) < 4.78 is 7.34. The van der Waals surface area contributed by atoms with Crippen molar-refractivity contribution in [1.29, 1.82) is 0 Å². The molecule has 0 saturated heterocycles. The van der Waals surface area contributed by atoms with E-state index in [1.165, 1.54) is 0 Å². The summed E-state index contributed by atoms with van der Waals surface area (Å²) in [4.78, 5) is 17.0. The van der Waals surface area contributed by atoms with Crippen molar-refractivity contribution in [3.8, 4) is 5.75 Å². The largest absolute Gasteiger partial charge is 0.490 e. The number of rotatable bonds is 7. The van der Waals surface area contributed by atoms with Crippen LogP contribution in [0.15, 0.2) is 18.3 Å². The van der Waals surface area contributed by atoms with E-state index in [1.54, 1.807) is 4.40 Å². The highest BCUT2D eigenvalue weighted by molar-refractivity contribution is 5.96. The molecule has 0 amide bonds. The van der Waals surface area contributed by atoms with E-state index in [0.717, 1.165) is 6.42 Å². The van der Waals surface area contributed by atoms with Gasteiger partial charge < -0.3 is 9.84 Å². The molecule has 0 aliphatic rings. The Hall–Kier alpha value is -1.59. The van der Waals surface area contributed by atoms with E-state index in [4.69, 9.17) is 4.74 Å². The van der Waals surface area contributed by atoms with Crippen molar-refractivity contribution >= 4 is 23.8 Å². The molecule has 1 N–H and O–H groups in total. The zero-order valence-electron chi connectivity index (χ0n) is 13.2. The minimum Gasteiger partial charge on any atom is -0.490 e. The molecule has 0 spiro atoms. The van der Waals surface area contributed by atoms with Gasteiger partial charge in [-0.1, -0.05) is 13.3 Å². The summed E-state index contributed by atoms with van der Waals surface area (Å²) in [5.41, 5.74) is 1.94. The van der Waals surface area contributed by atoms with Crippen LogP contribution in [0.1, 0.15) is 42.9 Å². The number of imidazole rings is 1. The van der Waals surface area contributed by atoms with Gasteiger partial charge in [0.25, 0.3) is 0 Å². The fraction of sp³-hybridized carbons (Fsp3) is 0.500. The number of ether oxygens (including phenoxy) is 1. The summed E-state index contributed by atoms with van der Waals surface area (Å²) in [5.74, 6) is 0.684. The molecule has 6 heteroatoms. The van der Waals surface area contributed by atoms with E-state index in [2.05, 4.69) is 4.98 Å². The summed E-state index contributed by atoms with van der Waals surface area (Å²) in [7, 11) is 0. The average Bonchev–Trinajstić information content (AvgIpc) is 2.82. The number of pyridine rings is 1. The van der Waals surface area contributed by atoms with Crippen LogP contribution in [0.4, 0.5) is 0 Å². The molecule has 0 unspecified atom stereocenters. The first-order valence-corrected chi connectivity index (χ1v) is 7.36. The molecule has 2 aromatic rings. The molecular formula is C16H23ClN2O3. The van der Waals surface area contributed by atoms with Gasteiger partial charge in [0, 0.05) is 19.2 Å². The van der Waals surface area contributed by atoms with Crippen molar-refractivity contribution in [1.82, 2.24) is 9.38 Å². The Morgan fingerprint density at radius 3 is 2.77 bits per heavy atom. The second-order valence-corrected chi connectivity index (χ2v) is 5.13. The van der Waals surface area contributed by atoms with E-state index < -0.39 is 0 Å². The fourth-order valence-corrected chi connectivity index (χ4v) is 2.46. The van der Waals surface area contributed by atoms with Crippen LogP contribution in [0.5, 0.6) is 5.75 Å². The van der Waals surface area contributed by atoms with Crippen LogP contribution in [0.25, 0.3) is 5.65 Å². The van der Waals surface area contributed by atoms with Crippen molar-refractivity contribution in [3.63, 3.8) is 0 Å². The van der Waals surface area contributed by atoms with Crippen molar-refractivity contribution in [2.24, 2.45) is 5.92 Å². The van der Waals surface area contributed by atoms with Gasteiger partial charge in [-0.15, -0.1) is 12.4 Å². The van der Waals surface area contributed by atoms with Gasteiger partial charge in [-0.3, -0.25) is 9.20 Å². The van der Waals surface area contributed by atoms with Crippen LogP contribution in [-0.2, 0) is 0 Å². The molecule has 122 valence electrons. The summed E-state index contributed by atoms with van der Waals surface area (Å²) in [6, 6.07) is 3.70. The maximum absolute atomic E-state index is 12.5. The van der Waals surface area contributed by atoms with Gasteiger partial charge >= 0.3 is 0 Å². The number of nitrogens with zero attached hydrogens (tertiary/aromatic N) is 2. The van der Waals surface area contributed by atoms with Crippen molar-refractivity contribution in [2.45, 2.75) is 33.6 Å². The van der Waals surface area contributed by atoms with Crippen LogP contribution in [0.2, 0.25) is 0 Å². The topological polar surface area (TPSA) is 63.8 Å². The van der Waals surface area contributed by atoms with Gasteiger partial charge in [-0.25, -0.2) is 4.98 Å². The maximum atomic E-state index is 12.5. The zero-order chi connectivity index (χ0) is 15.4. The van der Waals surface area contributed by atoms with Gasteiger partial charge in [-0.05, 0) is 31.9 Å². The minimum absolute atomic E-state index is 0. The Bertz CT molecular complexity index is 636. The lowest BCUT2D eigenvalue weighted by molar-refractivity contribution is 0.0927. The van der Waals surface area contributed by atoms with E-state index >= 15 is 0 Å². The van der Waals surface area contributed by atoms with Gasteiger partial charge in [-0.2, -0.15) is 0 Å². The van der Waals surface area contributed by atoms with Crippen molar-refractivity contribution in [3.05, 3.63) is 29.7 Å². The number of ketones is 1. The number of aromatic nitrogens is 2. The smallest absolute Gasteiger partial charge is 0.181 e. The van der Waals surface area contributed by atoms with E-state index in [1.807, 2.05) is 39.1 Å². The second kappa shape index (κ2) is 8.15. The number of aryl methyl sites for hydroxylation is 1. The summed E-state index contributed by atoms with van der Waals surface area (Å²) in [5, 5.41) is 9.27. The monoisotopic (exact) mass is 326 g/mol. The van der Waals surface area contributed by atoms with Crippen LogP contribution in [0.3, 0.4) is 0 Å². The molecule has 1 atom stereocenters. The van der Waals surface area contributed by atoms with Gasteiger partial charge in [0.05, 0.1) is 12.3 Å². The maximum Gasteiger partial charge on any atom is 0.181 e. The number of hydrogen-bond donors (Lipinski definition) is 1. The summed E-state index contributed by atoms with van der Waals surface area (Å²) in [6.07, 6.45) is 2.94. The highest BCUT2D eigenvalue weighted by Gasteiger charge is 2.21. The third-order valence-electron chi connectivity index (χ3n) is 3.66. The number of carbonyl (C=O) groups is 1. The van der Waals surface area contributed by atoms with Crippen LogP contribution in [0, 0.1) is 12.8 Å². The normalized spacial score (nSPS) is 12.0. The van der Waals surface area contributed by atoms with Crippen LogP contribution < -0.4 is 4.74 Å². The predicted octanol–water partition coefficient (Wildman–Crippen LogP) is 3.05. The third kappa shape index (κ3) is 3.59. The molecule has 0 saturated carbocycles. The Morgan fingerprint density at radius 1 is 1.45 bits per heavy atom. The lowest BCUT2D eigenvalue weighted by Gasteiger charge is -2.11. The molecule has 0 radical (unpaired) electrons. The lowest BCUT2D eigenvalue weighted by Crippen LogP contribution is -2.14. The molecule has 0 fully saturated rings. The molecule has 2 rings (SSSR count). The van der Waals surface area contributed by atoms with E-state index in [-0.39, 0.29) is 30.7 Å². The van der Waals surface area contributed by atoms with Gasteiger partial charge in [0.15, 0.2) is 17.2 Å². The first kappa shape index (κ1) is 18.5. The SMILES string of the molecule is CCOc1cccn2c(C(=O)C[C@H](CC)CO)c(C)nc12.Cl. The van der Waals surface area contributed by atoms with Crippen molar-refractivity contribution < 1.29 is 14.6 Å². The minimum atomic E-state index is -0.00229. The molecule has 2 heterocycles. The molecule has 0 aliphatic heterocycles. The second-order valence-electron chi connectivity index (χ2n) is 5.13. The van der Waals surface area contributed by atoms with E-state index in [0.29, 0.717) is 35.8 Å². The number of carbonyl (C=O) groups excluding carboxylic acids is 1. The van der Waals surface area contributed by atoms with Gasteiger partial charge in [0.2, 0.25) is 0 Å². The molecule has 2 aromatic heterocycles. The average molecular weight is 327 g/mol. The van der Waals surface area contributed by atoms with Crippen LogP contribution in [-0.4, -0.2) is 33.5 Å². The Morgan fingerprint density at radius 2 is 2.18 bits per heavy atom. The number of hydrogen-bond acceptors (Lipinski definition) is 4. The highest BCUT2D eigenvalue weighted by Crippen LogP contribution is 2.24. The van der Waals surface area contributed by atoms with Crippen LogP contribution >= 0.6 is 12.4 Å². The molecule has 22 heavy (non-hydrogen) atoms. The zero-order valence-corrected chi connectivity index (χ0v) is 14.0. The number of aliphatic hydroxyl groups excluding tert-OH is 1. The molecular weight excluding hydrogens is 304 g/mol. The molecule has 5 nitrogen and oxygen atoms in total. The summed E-state index contributed by atoms with van der Waals surface area (Å²) in [6.45, 7) is 6.30. The molecule has 0 aliphatic carbocycles. The first-order valence-electron chi connectivity index (χ1n) is 7.36. The Kier molecular flexibility index (Phi) is 6.84. The standard InChI is InChI=1S/C16H22N2O3.ClH/c1-4-12(10-19)9-13(20)15-11(3)17-16-14(21-5-2)7-6-8-18(15)16;/h6-8,12,19H,4-5,9-10H2,1-3H3;1H/t12-;/m0./s1. The Balaban J connectivity index is 0.00000242. The number of fused-ring (bicyclic) bond motifs is 1. The number of halogens is 1. The number of aliphatic hydroxyl groups is 1. The third-order valence-corrected chi connectivity index (χ3v) is 3.66. The predicted molar refractivity (Wildman–Crippen MR) is 88.2 cm³/mol. The first-order chi connectivity index (χ1) is 10.1. The molecule has 0 aromatic carbocycles. The van der Waals surface area contributed by atoms with E-state index in [9.17, 15) is 9.90 Å². The lowest BCUT2D eigenvalue weighted by atomic mass is 9.99. The number of Topliss-reactive ketones (excluding diaryl/α,β-unsaturated/α-hetero) is 1. The quantitative estimate of drug-likeness (QED) is 0.794. The molecule has 0 bridgehead atoms. The fourth-order valence-electron chi connectivity index (χ4n) is 2.46. The van der Waals surface area contributed by atoms with Gasteiger partial charge in [0.1, 0.15) is 5.69 Å². The summed E-state index contributed by atoms with van der Waals surface area (Å²) >= 11 is 0. The highest BCUT2D eigenvalue weighted by atomic mass is 35.5.